The van der Waals surface area contributed by atoms with E-state index < -0.39 is 11.6 Å². The molecular formula is C19H22ClF2NO4. The smallest absolute Gasteiger partial charge is 0.138 e. The van der Waals surface area contributed by atoms with Crippen molar-refractivity contribution in [1.29, 1.82) is 0 Å². The first-order valence-corrected chi connectivity index (χ1v) is 8.67. The van der Waals surface area contributed by atoms with Gasteiger partial charge in [-0.3, -0.25) is 0 Å². The summed E-state index contributed by atoms with van der Waals surface area (Å²) >= 11 is 6.03. The first-order chi connectivity index (χ1) is 13.0. The SMILES string of the molecule is CCOCC.O/N=C\CCOc1ccc(Oc2cc(F)cc(F)c2)cc1Cl. The molecule has 2 aromatic carbocycles. The molecule has 0 spiro atoms. The second-order valence-corrected chi connectivity index (χ2v) is 5.42. The Kier molecular flexibility index (Phi) is 10.8. The minimum Gasteiger partial charge on any atom is -0.492 e. The molecule has 0 aliphatic heterocycles. The maximum Gasteiger partial charge on any atom is 0.138 e. The van der Waals surface area contributed by atoms with E-state index in [0.29, 0.717) is 24.5 Å². The lowest BCUT2D eigenvalue weighted by Gasteiger charge is -2.10. The lowest BCUT2D eigenvalue weighted by atomic mass is 10.3. The van der Waals surface area contributed by atoms with Crippen molar-refractivity contribution in [2.24, 2.45) is 5.16 Å². The zero-order valence-corrected chi connectivity index (χ0v) is 15.9. The lowest BCUT2D eigenvalue weighted by molar-refractivity contribution is 0.162. The first kappa shape index (κ1) is 22.7. The largest absolute Gasteiger partial charge is 0.492 e. The Morgan fingerprint density at radius 3 is 2.22 bits per heavy atom. The lowest BCUT2D eigenvalue weighted by Crippen LogP contribution is -1.98. The molecule has 0 fully saturated rings. The van der Waals surface area contributed by atoms with E-state index in [0.717, 1.165) is 31.4 Å². The number of nitrogens with zero attached hydrogens (tertiary/aromatic N) is 1. The number of oxime groups is 1. The number of ether oxygens (including phenoxy) is 3. The molecule has 0 saturated heterocycles. The third-order valence-electron chi connectivity index (χ3n) is 2.97. The van der Waals surface area contributed by atoms with Gasteiger partial charge in [-0.05, 0) is 26.0 Å². The Morgan fingerprint density at radius 2 is 1.70 bits per heavy atom. The van der Waals surface area contributed by atoms with Gasteiger partial charge in [0, 0.05) is 50.1 Å². The molecule has 1 N–H and O–H groups in total. The number of hydrogen-bond donors (Lipinski definition) is 1. The van der Waals surface area contributed by atoms with Crippen LogP contribution < -0.4 is 9.47 Å². The van der Waals surface area contributed by atoms with Crippen LogP contribution in [0.3, 0.4) is 0 Å². The predicted molar refractivity (Wildman–Crippen MR) is 100 cm³/mol. The molecule has 27 heavy (non-hydrogen) atoms. The highest BCUT2D eigenvalue weighted by atomic mass is 35.5. The van der Waals surface area contributed by atoms with Crippen molar-refractivity contribution >= 4 is 17.8 Å². The van der Waals surface area contributed by atoms with Crippen LogP contribution in [-0.4, -0.2) is 31.2 Å². The summed E-state index contributed by atoms with van der Waals surface area (Å²) in [6.07, 6.45) is 1.72. The zero-order valence-electron chi connectivity index (χ0n) is 15.1. The highest BCUT2D eigenvalue weighted by Gasteiger charge is 2.07. The maximum atomic E-state index is 13.1. The van der Waals surface area contributed by atoms with Gasteiger partial charge in [-0.2, -0.15) is 0 Å². The van der Waals surface area contributed by atoms with Gasteiger partial charge >= 0.3 is 0 Å². The third-order valence-corrected chi connectivity index (χ3v) is 3.26. The van der Waals surface area contributed by atoms with E-state index in [4.69, 9.17) is 31.0 Å². The quantitative estimate of drug-likeness (QED) is 0.267. The molecule has 148 valence electrons. The Balaban J connectivity index is 0.000000646. The van der Waals surface area contributed by atoms with Gasteiger partial charge in [0.1, 0.15) is 28.9 Å². The van der Waals surface area contributed by atoms with Crippen LogP contribution in [0, 0.1) is 11.6 Å². The monoisotopic (exact) mass is 401 g/mol. The summed E-state index contributed by atoms with van der Waals surface area (Å²) in [6.45, 7) is 5.96. The Bertz CT molecular complexity index is 707. The summed E-state index contributed by atoms with van der Waals surface area (Å²) < 4.78 is 41.7. The molecule has 0 saturated carbocycles. The molecule has 0 radical (unpaired) electrons. The van der Waals surface area contributed by atoms with E-state index in [1.54, 1.807) is 12.1 Å². The van der Waals surface area contributed by atoms with E-state index >= 15 is 0 Å². The van der Waals surface area contributed by atoms with Crippen LogP contribution in [-0.2, 0) is 4.74 Å². The summed E-state index contributed by atoms with van der Waals surface area (Å²) in [5.41, 5.74) is 0. The third kappa shape index (κ3) is 9.21. The van der Waals surface area contributed by atoms with Gasteiger partial charge in [-0.1, -0.05) is 11.6 Å². The molecule has 2 aromatic rings. The number of rotatable bonds is 8. The highest BCUT2D eigenvalue weighted by molar-refractivity contribution is 6.32. The van der Waals surface area contributed by atoms with Crippen LogP contribution in [0.4, 0.5) is 8.78 Å². The molecule has 0 atom stereocenters. The van der Waals surface area contributed by atoms with Crippen LogP contribution in [0.15, 0.2) is 41.6 Å². The van der Waals surface area contributed by atoms with Crippen molar-refractivity contribution in [1.82, 2.24) is 0 Å². The van der Waals surface area contributed by atoms with E-state index in [9.17, 15) is 8.78 Å². The van der Waals surface area contributed by atoms with Gasteiger partial charge in [-0.15, -0.1) is 5.16 Å². The minimum atomic E-state index is -0.730. The van der Waals surface area contributed by atoms with E-state index in [2.05, 4.69) is 5.16 Å². The molecule has 0 amide bonds. The van der Waals surface area contributed by atoms with E-state index in [1.165, 1.54) is 12.3 Å². The molecule has 0 unspecified atom stereocenters. The van der Waals surface area contributed by atoms with Gasteiger partial charge in [-0.25, -0.2) is 8.78 Å². The Morgan fingerprint density at radius 1 is 1.04 bits per heavy atom. The molecule has 0 aliphatic carbocycles. The highest BCUT2D eigenvalue weighted by Crippen LogP contribution is 2.31. The van der Waals surface area contributed by atoms with Crippen LogP contribution >= 0.6 is 11.6 Å². The maximum absolute atomic E-state index is 13.1. The first-order valence-electron chi connectivity index (χ1n) is 8.30. The van der Waals surface area contributed by atoms with Crippen LogP contribution in [0.2, 0.25) is 5.02 Å². The molecule has 8 heteroatoms. The number of halogens is 3. The Hall–Kier alpha value is -2.38. The molecule has 5 nitrogen and oxygen atoms in total. The molecule has 0 bridgehead atoms. The topological polar surface area (TPSA) is 60.3 Å². The van der Waals surface area contributed by atoms with Crippen molar-refractivity contribution in [2.75, 3.05) is 19.8 Å². The standard InChI is InChI=1S/C15H12ClF2NO3.C4H10O/c16-14-9-12(2-3-15(14)21-5-1-4-19-20)22-13-7-10(17)6-11(18)8-13;1-3-5-4-2/h2-4,6-9,20H,1,5H2;3-4H2,1-2H3/b19-4-;. The molecule has 0 aromatic heterocycles. The van der Waals surface area contributed by atoms with Crippen molar-refractivity contribution < 1.29 is 28.2 Å². The second kappa shape index (κ2) is 12.9. The van der Waals surface area contributed by atoms with E-state index in [-0.39, 0.29) is 10.8 Å². The minimum absolute atomic E-state index is 0.0291. The molecule has 2 rings (SSSR count). The fourth-order valence-corrected chi connectivity index (χ4v) is 2.09. The van der Waals surface area contributed by atoms with Crippen LogP contribution in [0.5, 0.6) is 17.2 Å². The van der Waals surface area contributed by atoms with Crippen molar-refractivity contribution in [3.05, 3.63) is 53.1 Å². The fraction of sp³-hybridized carbons (Fsp3) is 0.316. The van der Waals surface area contributed by atoms with Crippen LogP contribution in [0.1, 0.15) is 20.3 Å². The second-order valence-electron chi connectivity index (χ2n) is 5.02. The predicted octanol–water partition coefficient (Wildman–Crippen LogP) is 5.68. The fourth-order valence-electron chi connectivity index (χ4n) is 1.87. The summed E-state index contributed by atoms with van der Waals surface area (Å²) in [5, 5.41) is 11.4. The van der Waals surface area contributed by atoms with Crippen molar-refractivity contribution in [2.45, 2.75) is 20.3 Å². The molecular weight excluding hydrogens is 380 g/mol. The average molecular weight is 402 g/mol. The summed E-state index contributed by atoms with van der Waals surface area (Å²) in [7, 11) is 0. The van der Waals surface area contributed by atoms with E-state index in [1.807, 2.05) is 13.8 Å². The Labute approximate surface area is 162 Å². The van der Waals surface area contributed by atoms with Gasteiger partial charge in [0.2, 0.25) is 0 Å². The molecule has 0 aliphatic rings. The average Bonchev–Trinajstić information content (AvgIpc) is 2.60. The molecule has 0 heterocycles. The van der Waals surface area contributed by atoms with Gasteiger partial charge in [0.25, 0.3) is 0 Å². The van der Waals surface area contributed by atoms with Crippen LogP contribution in [0.25, 0.3) is 0 Å². The normalized spacial score (nSPS) is 10.4. The number of hydrogen-bond acceptors (Lipinski definition) is 5. The summed E-state index contributed by atoms with van der Waals surface area (Å²) in [5.74, 6) is -0.690. The van der Waals surface area contributed by atoms with Crippen molar-refractivity contribution in [3.8, 4) is 17.2 Å². The van der Waals surface area contributed by atoms with Gasteiger partial charge in [0.05, 0.1) is 11.6 Å². The van der Waals surface area contributed by atoms with Gasteiger partial charge in [0.15, 0.2) is 0 Å². The zero-order chi connectivity index (χ0) is 20.1. The van der Waals surface area contributed by atoms with Gasteiger partial charge < -0.3 is 19.4 Å². The summed E-state index contributed by atoms with van der Waals surface area (Å²) in [6, 6.07) is 7.49. The number of benzene rings is 2. The van der Waals surface area contributed by atoms with Crippen molar-refractivity contribution in [3.63, 3.8) is 0 Å². The summed E-state index contributed by atoms with van der Waals surface area (Å²) in [4.78, 5) is 0.